The highest BCUT2D eigenvalue weighted by atomic mass is 32.2. The molecule has 1 aliphatic carbocycles. The van der Waals surface area contributed by atoms with Crippen LogP contribution in [0.3, 0.4) is 0 Å². The standard InChI is InChI=1S/C21H29N3O3S.2CH4/c22-14-19-10-6-7-11-20(19)28(26,27)24-13-12-17(16-24)15-23-21(25)18-8-4-2-1-3-5-9-18;;/h6-7,10-11,17-18H,1-5,8-9,12-13,15-16H2,(H,23,25);2*1H4. The summed E-state index contributed by atoms with van der Waals surface area (Å²) in [5.41, 5.74) is 0.170. The summed E-state index contributed by atoms with van der Waals surface area (Å²) < 4.78 is 27.2. The topological polar surface area (TPSA) is 90.3 Å². The SMILES string of the molecule is C.C.N#Cc1ccccc1S(=O)(=O)N1CCC(CNC(=O)C2CCCCCCC2)C1. The summed E-state index contributed by atoms with van der Waals surface area (Å²) in [6, 6.07) is 8.26. The highest BCUT2D eigenvalue weighted by Crippen LogP contribution is 2.26. The molecule has 168 valence electrons. The molecule has 2 fully saturated rings. The molecular formula is C23H37N3O3S. The predicted octanol–water partition coefficient (Wildman–Crippen LogP) is 4.32. The number of hydrogen-bond acceptors (Lipinski definition) is 4. The Morgan fingerprint density at radius 1 is 1.07 bits per heavy atom. The van der Waals surface area contributed by atoms with E-state index in [9.17, 15) is 18.5 Å². The number of sulfonamides is 1. The molecular weight excluding hydrogens is 398 g/mol. The van der Waals surface area contributed by atoms with Crippen molar-refractivity contribution in [3.63, 3.8) is 0 Å². The van der Waals surface area contributed by atoms with Gasteiger partial charge in [-0.1, -0.05) is 59.1 Å². The lowest BCUT2D eigenvalue weighted by Gasteiger charge is -2.21. The fourth-order valence-corrected chi connectivity index (χ4v) is 5.89. The molecule has 1 aliphatic heterocycles. The molecule has 0 spiro atoms. The van der Waals surface area contributed by atoms with Gasteiger partial charge in [0, 0.05) is 25.6 Å². The molecule has 1 atom stereocenters. The third-order valence-corrected chi connectivity index (χ3v) is 7.84. The first kappa shape index (κ1) is 26.1. The van der Waals surface area contributed by atoms with Crippen LogP contribution in [0.1, 0.15) is 71.8 Å². The summed E-state index contributed by atoms with van der Waals surface area (Å²) >= 11 is 0. The first-order valence-corrected chi connectivity index (χ1v) is 11.7. The highest BCUT2D eigenvalue weighted by molar-refractivity contribution is 7.89. The summed E-state index contributed by atoms with van der Waals surface area (Å²) in [5, 5.41) is 12.3. The molecule has 1 amide bonds. The fourth-order valence-electron chi connectivity index (χ4n) is 4.21. The largest absolute Gasteiger partial charge is 0.356 e. The lowest BCUT2D eigenvalue weighted by atomic mass is 9.90. The first-order chi connectivity index (χ1) is 13.5. The van der Waals surface area contributed by atoms with Crippen LogP contribution in [-0.2, 0) is 14.8 Å². The van der Waals surface area contributed by atoms with E-state index in [0.717, 1.165) is 32.1 Å². The maximum absolute atomic E-state index is 12.9. The van der Waals surface area contributed by atoms with E-state index in [1.54, 1.807) is 12.1 Å². The van der Waals surface area contributed by atoms with Gasteiger partial charge in [0.15, 0.2) is 0 Å². The lowest BCUT2D eigenvalue weighted by Crippen LogP contribution is -2.36. The van der Waals surface area contributed by atoms with Crippen LogP contribution in [0, 0.1) is 23.2 Å². The van der Waals surface area contributed by atoms with Gasteiger partial charge in [0.25, 0.3) is 0 Å². The van der Waals surface area contributed by atoms with Gasteiger partial charge < -0.3 is 5.32 Å². The molecule has 0 bridgehead atoms. The van der Waals surface area contributed by atoms with Crippen molar-refractivity contribution in [3.05, 3.63) is 29.8 Å². The van der Waals surface area contributed by atoms with Gasteiger partial charge in [0.1, 0.15) is 6.07 Å². The monoisotopic (exact) mass is 435 g/mol. The molecule has 1 saturated heterocycles. The van der Waals surface area contributed by atoms with Crippen molar-refractivity contribution in [2.45, 2.75) is 71.1 Å². The maximum atomic E-state index is 12.9. The zero-order valence-corrected chi connectivity index (χ0v) is 17.1. The van der Waals surface area contributed by atoms with Gasteiger partial charge in [0.05, 0.1) is 10.5 Å². The van der Waals surface area contributed by atoms with E-state index in [1.165, 1.54) is 35.7 Å². The number of carbonyl (C=O) groups is 1. The van der Waals surface area contributed by atoms with Crippen LogP contribution in [0.2, 0.25) is 0 Å². The molecule has 3 rings (SSSR count). The van der Waals surface area contributed by atoms with E-state index < -0.39 is 10.0 Å². The van der Waals surface area contributed by atoms with E-state index in [2.05, 4.69) is 5.32 Å². The number of nitrogens with one attached hydrogen (secondary N) is 1. The normalized spacial score (nSPS) is 20.7. The Kier molecular flexibility index (Phi) is 10.5. The zero-order chi connectivity index (χ0) is 20.0. The third kappa shape index (κ3) is 6.29. The maximum Gasteiger partial charge on any atom is 0.244 e. The summed E-state index contributed by atoms with van der Waals surface area (Å²) in [4.78, 5) is 12.6. The average molecular weight is 436 g/mol. The summed E-state index contributed by atoms with van der Waals surface area (Å²) in [6.07, 6.45) is 8.57. The Morgan fingerprint density at radius 2 is 1.70 bits per heavy atom. The van der Waals surface area contributed by atoms with Crippen molar-refractivity contribution in [2.75, 3.05) is 19.6 Å². The number of rotatable bonds is 5. The predicted molar refractivity (Wildman–Crippen MR) is 120 cm³/mol. The van der Waals surface area contributed by atoms with E-state index >= 15 is 0 Å². The van der Waals surface area contributed by atoms with E-state index in [-0.39, 0.29) is 43.1 Å². The molecule has 1 aromatic carbocycles. The van der Waals surface area contributed by atoms with Crippen molar-refractivity contribution in [1.29, 1.82) is 5.26 Å². The molecule has 1 unspecified atom stereocenters. The van der Waals surface area contributed by atoms with Crippen molar-refractivity contribution in [3.8, 4) is 6.07 Å². The highest BCUT2D eigenvalue weighted by Gasteiger charge is 2.34. The Labute approximate surface area is 182 Å². The van der Waals surface area contributed by atoms with Crippen LogP contribution in [0.15, 0.2) is 29.2 Å². The van der Waals surface area contributed by atoms with Crippen LogP contribution in [0.25, 0.3) is 0 Å². The number of carbonyl (C=O) groups excluding carboxylic acids is 1. The smallest absolute Gasteiger partial charge is 0.244 e. The zero-order valence-electron chi connectivity index (χ0n) is 16.3. The molecule has 1 saturated carbocycles. The number of benzene rings is 1. The molecule has 1 N–H and O–H groups in total. The Morgan fingerprint density at radius 3 is 2.37 bits per heavy atom. The van der Waals surface area contributed by atoms with Crippen LogP contribution in [0.5, 0.6) is 0 Å². The van der Waals surface area contributed by atoms with Crippen LogP contribution in [0.4, 0.5) is 0 Å². The molecule has 1 heterocycles. The molecule has 6 nitrogen and oxygen atoms in total. The Balaban J connectivity index is 0.00000225. The molecule has 2 aliphatic rings. The van der Waals surface area contributed by atoms with Crippen molar-refractivity contribution in [1.82, 2.24) is 9.62 Å². The second-order valence-electron chi connectivity index (χ2n) is 7.91. The molecule has 1 aromatic rings. The number of nitrogens with zero attached hydrogens (tertiary/aromatic N) is 2. The average Bonchev–Trinajstić information content (AvgIpc) is 3.16. The van der Waals surface area contributed by atoms with Crippen LogP contribution >= 0.6 is 0 Å². The van der Waals surface area contributed by atoms with Crippen molar-refractivity contribution in [2.24, 2.45) is 11.8 Å². The first-order valence-electron chi connectivity index (χ1n) is 10.3. The van der Waals surface area contributed by atoms with Crippen molar-refractivity contribution < 1.29 is 13.2 Å². The minimum atomic E-state index is -3.68. The minimum absolute atomic E-state index is 0. The van der Waals surface area contributed by atoms with Gasteiger partial charge >= 0.3 is 0 Å². The number of hydrogen-bond donors (Lipinski definition) is 1. The van der Waals surface area contributed by atoms with Gasteiger partial charge in [-0.05, 0) is 37.3 Å². The van der Waals surface area contributed by atoms with Crippen molar-refractivity contribution >= 4 is 15.9 Å². The number of amides is 1. The second kappa shape index (κ2) is 12.1. The van der Waals surface area contributed by atoms with Gasteiger partial charge in [-0.15, -0.1) is 0 Å². The summed E-state index contributed by atoms with van der Waals surface area (Å²) in [7, 11) is -3.68. The van der Waals surface area contributed by atoms with Gasteiger partial charge in [-0.2, -0.15) is 9.57 Å². The van der Waals surface area contributed by atoms with Crippen LogP contribution < -0.4 is 5.32 Å². The quantitative estimate of drug-likeness (QED) is 0.746. The summed E-state index contributed by atoms with van der Waals surface area (Å²) in [5.74, 6) is 0.337. The van der Waals surface area contributed by atoms with E-state index in [4.69, 9.17) is 0 Å². The molecule has 30 heavy (non-hydrogen) atoms. The fraction of sp³-hybridized carbons (Fsp3) is 0.652. The Hall–Kier alpha value is -1.91. The second-order valence-corrected chi connectivity index (χ2v) is 9.82. The Bertz CT molecular complexity index is 824. The lowest BCUT2D eigenvalue weighted by molar-refractivity contribution is -0.125. The minimum Gasteiger partial charge on any atom is -0.356 e. The van der Waals surface area contributed by atoms with Gasteiger partial charge in [-0.3, -0.25) is 4.79 Å². The van der Waals surface area contributed by atoms with E-state index in [0.29, 0.717) is 19.6 Å². The molecule has 7 heteroatoms. The number of nitriles is 1. The van der Waals surface area contributed by atoms with Gasteiger partial charge in [0.2, 0.25) is 15.9 Å². The van der Waals surface area contributed by atoms with Crippen LogP contribution in [-0.4, -0.2) is 38.3 Å². The molecule has 0 radical (unpaired) electrons. The summed E-state index contributed by atoms with van der Waals surface area (Å²) in [6.45, 7) is 1.32. The third-order valence-electron chi connectivity index (χ3n) is 5.91. The van der Waals surface area contributed by atoms with Gasteiger partial charge in [-0.25, -0.2) is 8.42 Å². The van der Waals surface area contributed by atoms with E-state index in [1.807, 2.05) is 6.07 Å². The molecule has 0 aromatic heterocycles.